The molecule has 106 valence electrons. The molecule has 0 radical (unpaired) electrons. The van der Waals surface area contributed by atoms with Gasteiger partial charge in [0.2, 0.25) is 10.0 Å². The van der Waals surface area contributed by atoms with E-state index in [0.29, 0.717) is 6.42 Å². The van der Waals surface area contributed by atoms with E-state index in [9.17, 15) is 22.0 Å². The molecule has 0 saturated carbocycles. The standard InChI is InChI=1S/C11H14F2N2O3S/c1-3-6-19(17,18)15-8-5-4-7(12)9(10(8)13)11(16)14-2/h4-5,15H,3,6H2,1-2H3,(H,14,16). The van der Waals surface area contributed by atoms with Gasteiger partial charge < -0.3 is 5.32 Å². The first-order valence-corrected chi connectivity index (χ1v) is 7.18. The van der Waals surface area contributed by atoms with Gasteiger partial charge in [-0.3, -0.25) is 9.52 Å². The minimum Gasteiger partial charge on any atom is -0.355 e. The van der Waals surface area contributed by atoms with Gasteiger partial charge in [0.25, 0.3) is 5.91 Å². The predicted octanol–water partition coefficient (Wildman–Crippen LogP) is 1.48. The fraction of sp³-hybridized carbons (Fsp3) is 0.364. The molecule has 5 nitrogen and oxygen atoms in total. The van der Waals surface area contributed by atoms with Gasteiger partial charge in [-0.25, -0.2) is 17.2 Å². The fourth-order valence-electron chi connectivity index (χ4n) is 1.45. The van der Waals surface area contributed by atoms with Crippen LogP contribution in [0.5, 0.6) is 0 Å². The summed E-state index contributed by atoms with van der Waals surface area (Å²) in [6, 6.07) is 1.77. The summed E-state index contributed by atoms with van der Waals surface area (Å²) >= 11 is 0. The molecule has 0 saturated heterocycles. The molecule has 1 aromatic rings. The number of hydrogen-bond acceptors (Lipinski definition) is 3. The van der Waals surface area contributed by atoms with E-state index in [1.807, 2.05) is 4.72 Å². The lowest BCUT2D eigenvalue weighted by Gasteiger charge is -2.11. The molecule has 0 atom stereocenters. The average Bonchev–Trinajstić information content (AvgIpc) is 2.32. The lowest BCUT2D eigenvalue weighted by atomic mass is 10.1. The van der Waals surface area contributed by atoms with E-state index in [1.54, 1.807) is 6.92 Å². The van der Waals surface area contributed by atoms with Gasteiger partial charge in [-0.1, -0.05) is 6.92 Å². The smallest absolute Gasteiger partial charge is 0.257 e. The van der Waals surface area contributed by atoms with Crippen LogP contribution in [-0.4, -0.2) is 27.1 Å². The molecule has 19 heavy (non-hydrogen) atoms. The number of carbonyl (C=O) groups excluding carboxylic acids is 1. The van der Waals surface area contributed by atoms with Crippen molar-refractivity contribution >= 4 is 21.6 Å². The summed E-state index contributed by atoms with van der Waals surface area (Å²) < 4.78 is 52.3. The third kappa shape index (κ3) is 3.63. The molecule has 0 aromatic heterocycles. The van der Waals surface area contributed by atoms with Crippen LogP contribution in [0.4, 0.5) is 14.5 Å². The summed E-state index contributed by atoms with van der Waals surface area (Å²) in [5.74, 6) is -3.46. The van der Waals surface area contributed by atoms with Crippen LogP contribution in [0.1, 0.15) is 23.7 Å². The van der Waals surface area contributed by atoms with Crippen LogP contribution in [0.2, 0.25) is 0 Å². The number of anilines is 1. The third-order valence-corrected chi connectivity index (χ3v) is 3.76. The summed E-state index contributed by atoms with van der Waals surface area (Å²) in [7, 11) is -2.50. The number of rotatable bonds is 5. The first-order chi connectivity index (χ1) is 8.82. The Labute approximate surface area is 110 Å². The predicted molar refractivity (Wildman–Crippen MR) is 67.4 cm³/mol. The molecule has 0 heterocycles. The first-order valence-electron chi connectivity index (χ1n) is 5.53. The Kier molecular flexibility index (Phi) is 4.82. The van der Waals surface area contributed by atoms with Gasteiger partial charge in [0.05, 0.1) is 11.4 Å². The maximum atomic E-state index is 13.9. The van der Waals surface area contributed by atoms with E-state index >= 15 is 0 Å². The fourth-order valence-corrected chi connectivity index (χ4v) is 2.58. The summed E-state index contributed by atoms with van der Waals surface area (Å²) in [4.78, 5) is 11.3. The van der Waals surface area contributed by atoms with Crippen LogP contribution in [0.3, 0.4) is 0 Å². The number of carbonyl (C=O) groups is 1. The number of amides is 1. The summed E-state index contributed by atoms with van der Waals surface area (Å²) in [5.41, 5.74) is -1.27. The zero-order valence-corrected chi connectivity index (χ0v) is 11.3. The second kappa shape index (κ2) is 5.96. The summed E-state index contributed by atoms with van der Waals surface area (Å²) in [5, 5.41) is 2.08. The second-order valence-corrected chi connectivity index (χ2v) is 5.63. The number of nitrogens with one attached hydrogen (secondary N) is 2. The molecule has 0 unspecified atom stereocenters. The Morgan fingerprint density at radius 3 is 2.47 bits per heavy atom. The van der Waals surface area contributed by atoms with Gasteiger partial charge in [0.15, 0.2) is 5.82 Å². The largest absolute Gasteiger partial charge is 0.355 e. The topological polar surface area (TPSA) is 75.3 Å². The van der Waals surface area contributed by atoms with Crippen molar-refractivity contribution in [3.8, 4) is 0 Å². The lowest BCUT2D eigenvalue weighted by molar-refractivity contribution is 0.0955. The van der Waals surface area contributed by atoms with Gasteiger partial charge in [-0.15, -0.1) is 0 Å². The highest BCUT2D eigenvalue weighted by Gasteiger charge is 2.21. The molecule has 0 aliphatic heterocycles. The molecule has 0 aliphatic carbocycles. The van der Waals surface area contributed by atoms with Crippen molar-refractivity contribution in [2.75, 3.05) is 17.5 Å². The Bertz CT molecular complexity index is 588. The molecular formula is C11H14F2N2O3S. The molecule has 2 N–H and O–H groups in total. The minimum atomic E-state index is -3.71. The molecule has 8 heteroatoms. The number of benzene rings is 1. The van der Waals surface area contributed by atoms with Crippen molar-refractivity contribution in [2.24, 2.45) is 0 Å². The van der Waals surface area contributed by atoms with E-state index in [4.69, 9.17) is 0 Å². The Balaban J connectivity index is 3.22. The highest BCUT2D eigenvalue weighted by atomic mass is 32.2. The molecule has 0 fully saturated rings. The summed E-state index contributed by atoms with van der Waals surface area (Å²) in [6.45, 7) is 1.65. The lowest BCUT2D eigenvalue weighted by Crippen LogP contribution is -2.23. The van der Waals surface area contributed by atoms with Crippen molar-refractivity contribution in [1.82, 2.24) is 5.32 Å². The third-order valence-electron chi connectivity index (χ3n) is 2.28. The maximum absolute atomic E-state index is 13.9. The Morgan fingerprint density at radius 2 is 1.95 bits per heavy atom. The molecule has 1 amide bonds. The van der Waals surface area contributed by atoms with Gasteiger partial charge >= 0.3 is 0 Å². The molecule has 0 aliphatic rings. The van der Waals surface area contributed by atoms with Crippen LogP contribution in [0.15, 0.2) is 12.1 Å². The zero-order chi connectivity index (χ0) is 14.6. The quantitative estimate of drug-likeness (QED) is 0.863. The molecule has 0 bridgehead atoms. The van der Waals surface area contributed by atoms with Crippen LogP contribution in [0.25, 0.3) is 0 Å². The molecule has 1 rings (SSSR count). The Hall–Kier alpha value is -1.70. The molecule has 0 spiro atoms. The van der Waals surface area contributed by atoms with E-state index in [-0.39, 0.29) is 5.75 Å². The van der Waals surface area contributed by atoms with E-state index in [1.165, 1.54) is 7.05 Å². The Morgan fingerprint density at radius 1 is 1.32 bits per heavy atom. The van der Waals surface area contributed by atoms with Gasteiger partial charge in [0.1, 0.15) is 11.4 Å². The van der Waals surface area contributed by atoms with E-state index in [2.05, 4.69) is 5.32 Å². The maximum Gasteiger partial charge on any atom is 0.257 e. The van der Waals surface area contributed by atoms with Crippen LogP contribution >= 0.6 is 0 Å². The monoisotopic (exact) mass is 292 g/mol. The summed E-state index contributed by atoms with van der Waals surface area (Å²) in [6.07, 6.45) is 0.348. The van der Waals surface area contributed by atoms with Crippen molar-refractivity contribution in [3.63, 3.8) is 0 Å². The van der Waals surface area contributed by atoms with Gasteiger partial charge in [-0.2, -0.15) is 0 Å². The van der Waals surface area contributed by atoms with Crippen molar-refractivity contribution in [2.45, 2.75) is 13.3 Å². The molecule has 1 aromatic carbocycles. The number of hydrogen-bond donors (Lipinski definition) is 2. The van der Waals surface area contributed by atoms with Crippen LogP contribution in [-0.2, 0) is 10.0 Å². The second-order valence-electron chi connectivity index (χ2n) is 3.78. The van der Waals surface area contributed by atoms with Crippen LogP contribution in [0, 0.1) is 11.6 Å². The minimum absolute atomic E-state index is 0.195. The van der Waals surface area contributed by atoms with Crippen LogP contribution < -0.4 is 10.0 Å². The highest BCUT2D eigenvalue weighted by Crippen LogP contribution is 2.22. The average molecular weight is 292 g/mol. The van der Waals surface area contributed by atoms with Crippen molar-refractivity contribution in [1.29, 1.82) is 0 Å². The molecular weight excluding hydrogens is 278 g/mol. The van der Waals surface area contributed by atoms with Gasteiger partial charge in [0, 0.05) is 7.05 Å². The van der Waals surface area contributed by atoms with Crippen molar-refractivity contribution < 1.29 is 22.0 Å². The van der Waals surface area contributed by atoms with Gasteiger partial charge in [-0.05, 0) is 18.6 Å². The number of halogens is 2. The zero-order valence-electron chi connectivity index (χ0n) is 10.5. The van der Waals surface area contributed by atoms with Crippen molar-refractivity contribution in [3.05, 3.63) is 29.3 Å². The highest BCUT2D eigenvalue weighted by molar-refractivity contribution is 7.92. The number of sulfonamides is 1. The normalized spacial score (nSPS) is 11.2. The van der Waals surface area contributed by atoms with E-state index in [0.717, 1.165) is 12.1 Å². The van der Waals surface area contributed by atoms with E-state index < -0.39 is 38.8 Å². The SMILES string of the molecule is CCCS(=O)(=O)Nc1ccc(F)c(C(=O)NC)c1F. The first kappa shape index (κ1) is 15.4.